The van der Waals surface area contributed by atoms with Gasteiger partial charge in [0.25, 0.3) is 0 Å². The summed E-state index contributed by atoms with van der Waals surface area (Å²) < 4.78 is 5.00. The largest absolute Gasteiger partial charge is 0.463 e. The number of esters is 1. The fourth-order valence-electron chi connectivity index (χ4n) is 1.83. The van der Waals surface area contributed by atoms with Crippen LogP contribution in [0, 0.1) is 0 Å². The van der Waals surface area contributed by atoms with Gasteiger partial charge in [-0.05, 0) is 19.1 Å². The third-order valence-electron chi connectivity index (χ3n) is 2.87. The number of carbonyl (C=O) groups is 2. The highest BCUT2D eigenvalue weighted by Crippen LogP contribution is 2.26. The zero-order valence-corrected chi connectivity index (χ0v) is 12.5. The molecule has 0 aliphatic carbocycles. The van der Waals surface area contributed by atoms with Crippen LogP contribution in [-0.4, -0.2) is 30.9 Å². The Morgan fingerprint density at radius 1 is 1.43 bits per heavy atom. The molecule has 2 amide bonds. The topological polar surface area (TPSA) is 93.4 Å². The highest BCUT2D eigenvalue weighted by atomic mass is 32.2. The normalized spacial score (nSPS) is 14.4. The molecule has 0 bridgehead atoms. The average Bonchev–Trinajstić information content (AvgIpc) is 2.46. The van der Waals surface area contributed by atoms with E-state index in [1.165, 1.54) is 11.8 Å². The molecule has 1 aromatic rings. The van der Waals surface area contributed by atoms with Gasteiger partial charge < -0.3 is 21.1 Å². The molecule has 7 heteroatoms. The molecule has 0 saturated heterocycles. The summed E-state index contributed by atoms with van der Waals surface area (Å²) in [6, 6.07) is 7.13. The minimum atomic E-state index is -0.415. The number of carbonyl (C=O) groups excluding carboxylic acids is 2. The maximum atomic E-state index is 11.9. The van der Waals surface area contributed by atoms with Crippen molar-refractivity contribution in [2.45, 2.75) is 11.8 Å². The number of nitrogens with one attached hydrogen (secondary N) is 2. The molecule has 0 saturated carbocycles. The predicted molar refractivity (Wildman–Crippen MR) is 81.8 cm³/mol. The van der Waals surface area contributed by atoms with Gasteiger partial charge in [0.05, 0.1) is 18.7 Å². The molecular weight excluding hydrogens is 290 g/mol. The summed E-state index contributed by atoms with van der Waals surface area (Å²) in [5, 5.41) is 5.23. The number of nitrogen functional groups attached to an aromatic ring is 1. The quantitative estimate of drug-likeness (QED) is 0.435. The van der Waals surface area contributed by atoms with Crippen molar-refractivity contribution < 1.29 is 14.3 Å². The van der Waals surface area contributed by atoms with Gasteiger partial charge in [0.1, 0.15) is 0 Å². The van der Waals surface area contributed by atoms with Crippen molar-refractivity contribution >= 4 is 29.4 Å². The second-order valence-corrected chi connectivity index (χ2v) is 5.33. The third-order valence-corrected chi connectivity index (χ3v) is 3.98. The van der Waals surface area contributed by atoms with Crippen LogP contribution in [0.1, 0.15) is 6.92 Å². The Morgan fingerprint density at radius 2 is 2.19 bits per heavy atom. The molecule has 2 rings (SSSR count). The van der Waals surface area contributed by atoms with E-state index in [0.717, 1.165) is 4.90 Å². The summed E-state index contributed by atoms with van der Waals surface area (Å²) in [4.78, 5) is 24.2. The van der Waals surface area contributed by atoms with Crippen molar-refractivity contribution in [3.8, 4) is 0 Å². The molecule has 1 aliphatic heterocycles. The monoisotopic (exact) mass is 307 g/mol. The number of anilines is 1. The molecule has 112 valence electrons. The number of amides is 2. The lowest BCUT2D eigenvalue weighted by molar-refractivity contribution is -0.138. The Hall–Kier alpha value is -2.15. The first kappa shape index (κ1) is 15.2. The molecule has 4 N–H and O–H groups in total. The Balaban J connectivity index is 2.14. The number of hydrogen-bond acceptors (Lipinski definition) is 5. The van der Waals surface area contributed by atoms with E-state index in [1.54, 1.807) is 6.92 Å². The van der Waals surface area contributed by atoms with E-state index in [9.17, 15) is 9.59 Å². The smallest absolute Gasteiger partial charge is 0.337 e. The molecule has 0 aromatic heterocycles. The zero-order chi connectivity index (χ0) is 15.2. The van der Waals surface area contributed by atoms with E-state index in [1.807, 2.05) is 24.3 Å². The van der Waals surface area contributed by atoms with Gasteiger partial charge in [-0.1, -0.05) is 12.1 Å². The molecule has 1 heterocycles. The van der Waals surface area contributed by atoms with Crippen LogP contribution in [-0.2, 0) is 9.53 Å². The summed E-state index contributed by atoms with van der Waals surface area (Å²) in [7, 11) is 0. The van der Waals surface area contributed by atoms with Gasteiger partial charge in [0.2, 0.25) is 0 Å². The van der Waals surface area contributed by atoms with Crippen molar-refractivity contribution in [3.63, 3.8) is 0 Å². The number of thioether (sulfide) groups is 1. The van der Waals surface area contributed by atoms with Crippen LogP contribution >= 0.6 is 11.8 Å². The summed E-state index contributed by atoms with van der Waals surface area (Å²) in [6.07, 6.45) is 0. The van der Waals surface area contributed by atoms with Gasteiger partial charge in [-0.15, -0.1) is 11.8 Å². The van der Waals surface area contributed by atoms with Crippen molar-refractivity contribution in [3.05, 3.63) is 35.5 Å². The summed E-state index contributed by atoms with van der Waals surface area (Å²) in [6.45, 7) is 2.21. The van der Waals surface area contributed by atoms with Gasteiger partial charge in [0.15, 0.2) is 0 Å². The zero-order valence-electron chi connectivity index (χ0n) is 11.6. The van der Waals surface area contributed by atoms with Crippen LogP contribution in [0.3, 0.4) is 0 Å². The van der Waals surface area contributed by atoms with Crippen molar-refractivity contribution in [1.29, 1.82) is 0 Å². The predicted octanol–water partition coefficient (Wildman–Crippen LogP) is 1.49. The Kier molecular flexibility index (Phi) is 5.10. The number of benzene rings is 1. The van der Waals surface area contributed by atoms with Gasteiger partial charge in [-0.2, -0.15) is 0 Å². The number of hydrogen-bond donors (Lipinski definition) is 3. The molecule has 1 aliphatic rings. The fourth-order valence-corrected chi connectivity index (χ4v) is 2.79. The fraction of sp³-hybridized carbons (Fsp3) is 0.286. The van der Waals surface area contributed by atoms with Crippen LogP contribution in [0.2, 0.25) is 0 Å². The van der Waals surface area contributed by atoms with Gasteiger partial charge in [0, 0.05) is 22.0 Å². The van der Waals surface area contributed by atoms with E-state index in [-0.39, 0.29) is 12.6 Å². The molecule has 0 atom stereocenters. The Morgan fingerprint density at radius 3 is 2.90 bits per heavy atom. The Labute approximate surface area is 127 Å². The average molecular weight is 307 g/mol. The maximum Gasteiger partial charge on any atom is 0.337 e. The third kappa shape index (κ3) is 3.91. The molecular formula is C14H17N3O3S. The lowest BCUT2D eigenvalue weighted by Gasteiger charge is -2.21. The van der Waals surface area contributed by atoms with Crippen LogP contribution in [0.25, 0.3) is 0 Å². The van der Waals surface area contributed by atoms with Gasteiger partial charge in [-0.3, -0.25) is 0 Å². The van der Waals surface area contributed by atoms with Crippen LogP contribution < -0.4 is 16.4 Å². The highest BCUT2D eigenvalue weighted by molar-refractivity contribution is 7.99. The van der Waals surface area contributed by atoms with Crippen LogP contribution in [0.5, 0.6) is 0 Å². The lowest BCUT2D eigenvalue weighted by Crippen LogP contribution is -2.44. The van der Waals surface area contributed by atoms with Gasteiger partial charge in [-0.25, -0.2) is 9.59 Å². The van der Waals surface area contributed by atoms with Crippen LogP contribution in [0.4, 0.5) is 10.5 Å². The van der Waals surface area contributed by atoms with Gasteiger partial charge >= 0.3 is 12.0 Å². The first-order chi connectivity index (χ1) is 10.1. The Bertz CT molecular complexity index is 587. The summed E-state index contributed by atoms with van der Waals surface area (Å²) >= 11 is 1.46. The molecule has 0 fully saturated rings. The molecule has 21 heavy (non-hydrogen) atoms. The lowest BCUT2D eigenvalue weighted by atomic mass is 10.2. The molecule has 0 radical (unpaired) electrons. The highest BCUT2D eigenvalue weighted by Gasteiger charge is 2.23. The van der Waals surface area contributed by atoms with E-state index in [4.69, 9.17) is 10.5 Å². The second-order valence-electron chi connectivity index (χ2n) is 4.31. The molecule has 6 nitrogen and oxygen atoms in total. The summed E-state index contributed by atoms with van der Waals surface area (Å²) in [5.74, 6) is 0.0251. The number of urea groups is 1. The van der Waals surface area contributed by atoms with E-state index < -0.39 is 5.97 Å². The number of ether oxygens (including phenoxy) is 1. The van der Waals surface area contributed by atoms with Crippen LogP contribution in [0.15, 0.2) is 40.4 Å². The van der Waals surface area contributed by atoms with E-state index >= 15 is 0 Å². The van der Waals surface area contributed by atoms with Crippen molar-refractivity contribution in [2.24, 2.45) is 0 Å². The van der Waals surface area contributed by atoms with E-state index in [2.05, 4.69) is 10.6 Å². The van der Waals surface area contributed by atoms with Crippen molar-refractivity contribution in [2.75, 3.05) is 24.6 Å². The minimum Gasteiger partial charge on any atom is -0.463 e. The first-order valence-electron chi connectivity index (χ1n) is 6.53. The van der Waals surface area contributed by atoms with E-state index in [0.29, 0.717) is 29.3 Å². The number of para-hydroxylation sites is 1. The first-order valence-corrected chi connectivity index (χ1v) is 7.51. The molecule has 1 aromatic carbocycles. The summed E-state index contributed by atoms with van der Waals surface area (Å²) in [5.41, 5.74) is 7.55. The number of nitrogens with two attached hydrogens (primary N) is 1. The van der Waals surface area contributed by atoms with Crippen molar-refractivity contribution in [1.82, 2.24) is 10.6 Å². The molecule has 0 unspecified atom stereocenters. The second kappa shape index (κ2) is 7.03. The standard InChI is InChI=1S/C14H17N3O3S/c1-2-20-13(18)9-7-16-14(19)17-11(9)8-21-12-6-4-3-5-10(12)15/h3-6H,2,7-8,15H2,1H3,(H2,16,17,19). The number of rotatable bonds is 5. The molecule has 0 spiro atoms. The maximum absolute atomic E-state index is 11.9. The SMILES string of the molecule is CCOC(=O)C1=C(CSc2ccccc2N)NC(=O)NC1. The minimum absolute atomic E-state index is 0.171.